The molecule has 0 aromatic rings. The summed E-state index contributed by atoms with van der Waals surface area (Å²) in [7, 11) is 0. The molecule has 0 radical (unpaired) electrons. The third-order valence-electron chi connectivity index (χ3n) is 4.35. The van der Waals surface area contributed by atoms with Gasteiger partial charge in [-0.05, 0) is 25.7 Å². The topological polar surface area (TPSA) is 301 Å². The van der Waals surface area contributed by atoms with Crippen LogP contribution in [0.15, 0.2) is 4.99 Å². The number of carboxylic acid groups (broad SMARTS) is 1. The molecule has 0 aromatic heterocycles. The van der Waals surface area contributed by atoms with Crippen molar-refractivity contribution in [3.05, 3.63) is 0 Å². The molecule has 0 aliphatic carbocycles. The maximum Gasteiger partial charge on any atom is 0.326 e. The highest BCUT2D eigenvalue weighted by atomic mass is 16.4. The largest absolute Gasteiger partial charge is 0.480 e. The van der Waals surface area contributed by atoms with Gasteiger partial charge in [0.2, 0.25) is 29.5 Å². The number of primary amides is 2. The molecular formula is C18H33N9O7. The molecule has 3 unspecified atom stereocenters. The first-order valence-electron chi connectivity index (χ1n) is 10.3. The van der Waals surface area contributed by atoms with Crippen LogP contribution in [0.25, 0.3) is 0 Å². The average Bonchev–Trinajstić information content (AvgIpc) is 2.74. The van der Waals surface area contributed by atoms with E-state index >= 15 is 0 Å². The first-order chi connectivity index (χ1) is 15.8. The summed E-state index contributed by atoms with van der Waals surface area (Å²) < 4.78 is 0. The minimum absolute atomic E-state index is 0.0906. The van der Waals surface area contributed by atoms with Crippen molar-refractivity contribution >= 4 is 41.5 Å². The lowest BCUT2D eigenvalue weighted by molar-refractivity contribution is -0.142. The number of rotatable bonds is 17. The first-order valence-corrected chi connectivity index (χ1v) is 10.3. The molecule has 0 spiro atoms. The molecule has 0 heterocycles. The van der Waals surface area contributed by atoms with Crippen LogP contribution in [-0.4, -0.2) is 77.8 Å². The minimum Gasteiger partial charge on any atom is -0.480 e. The second-order valence-corrected chi connectivity index (χ2v) is 7.30. The van der Waals surface area contributed by atoms with Crippen molar-refractivity contribution in [2.75, 3.05) is 13.1 Å². The maximum atomic E-state index is 12.5. The van der Waals surface area contributed by atoms with E-state index in [0.717, 1.165) is 0 Å². The van der Waals surface area contributed by atoms with Crippen LogP contribution in [0, 0.1) is 0 Å². The molecule has 0 saturated heterocycles. The summed E-state index contributed by atoms with van der Waals surface area (Å²) >= 11 is 0. The molecule has 0 aliphatic heterocycles. The fourth-order valence-corrected chi connectivity index (χ4v) is 2.57. The lowest BCUT2D eigenvalue weighted by Gasteiger charge is -2.21. The van der Waals surface area contributed by atoms with E-state index in [4.69, 9.17) is 28.7 Å². The second-order valence-electron chi connectivity index (χ2n) is 7.30. The molecule has 16 nitrogen and oxygen atoms in total. The Morgan fingerprint density at radius 3 is 1.85 bits per heavy atom. The van der Waals surface area contributed by atoms with E-state index in [1.165, 1.54) is 0 Å². The smallest absolute Gasteiger partial charge is 0.326 e. The Labute approximate surface area is 195 Å². The molecule has 3 atom stereocenters. The van der Waals surface area contributed by atoms with Crippen LogP contribution in [0.5, 0.6) is 0 Å². The molecule has 0 bridgehead atoms. The maximum absolute atomic E-state index is 12.5. The quantitative estimate of drug-likeness (QED) is 0.0534. The Kier molecular flexibility index (Phi) is 14.0. The molecule has 0 aromatic carbocycles. The number of amides is 5. The third-order valence-corrected chi connectivity index (χ3v) is 4.35. The SMILES string of the molecule is NC(=O)CCC(NC(=O)C(CCC(N)=O)NC(=O)CNC(=O)C(N)CCCN=C(N)N)C(=O)O. The number of nitrogens with two attached hydrogens (primary N) is 5. The Morgan fingerprint density at radius 1 is 0.794 bits per heavy atom. The van der Waals surface area contributed by atoms with E-state index < -0.39 is 60.2 Å². The monoisotopic (exact) mass is 487 g/mol. The molecule has 34 heavy (non-hydrogen) atoms. The molecular weight excluding hydrogens is 454 g/mol. The average molecular weight is 488 g/mol. The van der Waals surface area contributed by atoms with Gasteiger partial charge in [-0.25, -0.2) is 4.79 Å². The van der Waals surface area contributed by atoms with Crippen molar-refractivity contribution in [2.45, 2.75) is 56.7 Å². The highest BCUT2D eigenvalue weighted by Gasteiger charge is 2.27. The van der Waals surface area contributed by atoms with Crippen LogP contribution in [0.3, 0.4) is 0 Å². The molecule has 16 heteroatoms. The van der Waals surface area contributed by atoms with E-state index in [9.17, 15) is 33.9 Å². The van der Waals surface area contributed by atoms with Gasteiger partial charge >= 0.3 is 5.97 Å². The molecule has 192 valence electrons. The predicted octanol–water partition coefficient (Wildman–Crippen LogP) is -4.93. The zero-order chi connectivity index (χ0) is 26.3. The highest BCUT2D eigenvalue weighted by Crippen LogP contribution is 2.03. The van der Waals surface area contributed by atoms with Crippen LogP contribution in [0.2, 0.25) is 0 Å². The summed E-state index contributed by atoms with van der Waals surface area (Å²) in [5.41, 5.74) is 26.2. The Balaban J connectivity index is 4.89. The molecule has 0 rings (SSSR count). The summed E-state index contributed by atoms with van der Waals surface area (Å²) in [6, 6.07) is -3.72. The molecule has 0 fully saturated rings. The number of aliphatic imine (C=N–C) groups is 1. The minimum atomic E-state index is -1.45. The normalized spacial score (nSPS) is 13.0. The van der Waals surface area contributed by atoms with Gasteiger partial charge in [0.15, 0.2) is 5.96 Å². The first kappa shape index (κ1) is 30.1. The van der Waals surface area contributed by atoms with E-state index in [1.807, 2.05) is 0 Å². The molecule has 0 saturated carbocycles. The summed E-state index contributed by atoms with van der Waals surface area (Å²) in [4.78, 5) is 73.8. The lowest BCUT2D eigenvalue weighted by Crippen LogP contribution is -2.54. The van der Waals surface area contributed by atoms with Gasteiger partial charge in [-0.3, -0.25) is 29.0 Å². The van der Waals surface area contributed by atoms with Gasteiger partial charge in [-0.1, -0.05) is 0 Å². The summed E-state index contributed by atoms with van der Waals surface area (Å²) in [6.45, 7) is -0.262. The summed E-state index contributed by atoms with van der Waals surface area (Å²) in [5, 5.41) is 16.0. The number of carbonyl (C=O) groups is 6. The summed E-state index contributed by atoms with van der Waals surface area (Å²) in [6.07, 6.45) is -0.417. The van der Waals surface area contributed by atoms with Gasteiger partial charge in [0, 0.05) is 19.4 Å². The fraction of sp³-hybridized carbons (Fsp3) is 0.611. The number of nitrogens with zero attached hydrogens (tertiary/aromatic N) is 1. The van der Waals surface area contributed by atoms with Crippen LogP contribution in [0.4, 0.5) is 0 Å². The van der Waals surface area contributed by atoms with Gasteiger partial charge in [-0.2, -0.15) is 0 Å². The van der Waals surface area contributed by atoms with Gasteiger partial charge in [0.25, 0.3) is 0 Å². The van der Waals surface area contributed by atoms with Crippen molar-refractivity contribution in [1.29, 1.82) is 0 Å². The van der Waals surface area contributed by atoms with Crippen molar-refractivity contribution < 1.29 is 33.9 Å². The van der Waals surface area contributed by atoms with Crippen molar-refractivity contribution in [1.82, 2.24) is 16.0 Å². The summed E-state index contributed by atoms with van der Waals surface area (Å²) in [5.74, 6) is -5.37. The number of guanidine groups is 1. The van der Waals surface area contributed by atoms with Gasteiger partial charge in [0.1, 0.15) is 12.1 Å². The van der Waals surface area contributed by atoms with Gasteiger partial charge in [-0.15, -0.1) is 0 Å². The lowest BCUT2D eigenvalue weighted by atomic mass is 10.1. The number of carbonyl (C=O) groups excluding carboxylic acids is 5. The Morgan fingerprint density at radius 2 is 1.35 bits per heavy atom. The van der Waals surface area contributed by atoms with Crippen molar-refractivity contribution in [3.63, 3.8) is 0 Å². The number of aliphatic carboxylic acids is 1. The van der Waals surface area contributed by atoms with Crippen LogP contribution in [-0.2, 0) is 28.8 Å². The van der Waals surface area contributed by atoms with Crippen LogP contribution >= 0.6 is 0 Å². The molecule has 0 aliphatic rings. The zero-order valence-corrected chi connectivity index (χ0v) is 18.6. The molecule has 5 amide bonds. The number of hydrogen-bond donors (Lipinski definition) is 9. The Hall–Kier alpha value is -3.95. The zero-order valence-electron chi connectivity index (χ0n) is 18.6. The standard InChI is InChI=1S/C18H33N9O7/c19-9(2-1-7-24-18(22)23)15(31)25-8-14(30)26-10(3-5-12(20)28)16(32)27-11(17(33)34)4-6-13(21)29/h9-11H,1-8,19H2,(H2,20,28)(H2,21,29)(H,25,31)(H,26,30)(H,27,32)(H,33,34)(H4,22,23,24). The Bertz CT molecular complexity index is 784. The second kappa shape index (κ2) is 15.8. The van der Waals surface area contributed by atoms with Crippen LogP contribution in [0.1, 0.15) is 38.5 Å². The van der Waals surface area contributed by atoms with Crippen molar-refractivity contribution in [3.8, 4) is 0 Å². The van der Waals surface area contributed by atoms with E-state index in [-0.39, 0.29) is 44.6 Å². The van der Waals surface area contributed by atoms with E-state index in [1.54, 1.807) is 0 Å². The predicted molar refractivity (Wildman–Crippen MR) is 119 cm³/mol. The third kappa shape index (κ3) is 14.2. The number of hydrogen-bond acceptors (Lipinski definition) is 8. The van der Waals surface area contributed by atoms with Gasteiger partial charge in [0.05, 0.1) is 12.6 Å². The van der Waals surface area contributed by atoms with Crippen LogP contribution < -0.4 is 44.6 Å². The number of nitrogens with one attached hydrogen (secondary N) is 3. The van der Waals surface area contributed by atoms with E-state index in [2.05, 4.69) is 20.9 Å². The fourth-order valence-electron chi connectivity index (χ4n) is 2.57. The highest BCUT2D eigenvalue weighted by molar-refractivity contribution is 5.93. The van der Waals surface area contributed by atoms with E-state index in [0.29, 0.717) is 6.42 Å². The van der Waals surface area contributed by atoms with Gasteiger partial charge < -0.3 is 49.7 Å². The van der Waals surface area contributed by atoms with Crippen molar-refractivity contribution in [2.24, 2.45) is 33.7 Å². The molecule has 14 N–H and O–H groups in total. The number of carboxylic acids is 1.